The molecule has 1 heterocycles. The molecule has 0 saturated carbocycles. The van der Waals surface area contributed by atoms with E-state index in [1.165, 1.54) is 6.08 Å². The third-order valence-electron chi connectivity index (χ3n) is 4.20. The molecule has 4 rings (SSSR count). The highest BCUT2D eigenvalue weighted by atomic mass is 16.1. The van der Waals surface area contributed by atoms with Crippen LogP contribution in [0.1, 0.15) is 11.1 Å². The molecule has 0 fully saturated rings. The number of hydrogen-bond acceptors (Lipinski definition) is 3. The largest absolute Gasteiger partial charge is 0.322 e. The van der Waals surface area contributed by atoms with E-state index in [1.54, 1.807) is 10.9 Å². The average molecular weight is 354 g/mol. The quantitative estimate of drug-likeness (QED) is 0.553. The van der Waals surface area contributed by atoms with Crippen molar-refractivity contribution in [1.29, 1.82) is 0 Å². The highest BCUT2D eigenvalue weighted by Crippen LogP contribution is 2.22. The molecule has 5 heteroatoms. The van der Waals surface area contributed by atoms with Gasteiger partial charge in [-0.15, -0.1) is 10.2 Å². The van der Waals surface area contributed by atoms with E-state index in [4.69, 9.17) is 0 Å². The van der Waals surface area contributed by atoms with Crippen LogP contribution < -0.4 is 5.32 Å². The fourth-order valence-electron chi connectivity index (χ4n) is 2.79. The van der Waals surface area contributed by atoms with Crippen LogP contribution in [0.2, 0.25) is 0 Å². The zero-order chi connectivity index (χ0) is 18.6. The van der Waals surface area contributed by atoms with E-state index in [-0.39, 0.29) is 5.91 Å². The van der Waals surface area contributed by atoms with Gasteiger partial charge < -0.3 is 5.32 Å². The first-order valence-electron chi connectivity index (χ1n) is 8.66. The Kier molecular flexibility index (Phi) is 4.49. The third-order valence-corrected chi connectivity index (χ3v) is 4.20. The number of fused-ring (bicyclic) bond motifs is 1. The van der Waals surface area contributed by atoms with Gasteiger partial charge in [0.1, 0.15) is 11.0 Å². The number of rotatable bonds is 4. The van der Waals surface area contributed by atoms with Crippen molar-refractivity contribution < 1.29 is 4.79 Å². The second kappa shape index (κ2) is 7.25. The molecule has 1 amide bonds. The Balaban J connectivity index is 1.57. The molecule has 0 aliphatic carbocycles. The Labute approximate surface area is 157 Å². The minimum Gasteiger partial charge on any atom is -0.322 e. The maximum absolute atomic E-state index is 12.3. The van der Waals surface area contributed by atoms with Gasteiger partial charge in [-0.3, -0.25) is 4.79 Å². The molecule has 0 atom stereocenters. The Morgan fingerprint density at radius 1 is 0.926 bits per heavy atom. The van der Waals surface area contributed by atoms with Crippen molar-refractivity contribution >= 4 is 28.7 Å². The summed E-state index contributed by atoms with van der Waals surface area (Å²) in [6.45, 7) is 1.94. The molecule has 27 heavy (non-hydrogen) atoms. The minimum atomic E-state index is -0.184. The van der Waals surface area contributed by atoms with Crippen LogP contribution in [0.3, 0.4) is 0 Å². The van der Waals surface area contributed by atoms with Crippen molar-refractivity contribution in [1.82, 2.24) is 15.0 Å². The SMILES string of the molecule is Cc1cc2nn(-c3ccccc3)nc2cc1NC(=O)/C=C/c1ccccc1. The average Bonchev–Trinajstić information content (AvgIpc) is 3.11. The van der Waals surface area contributed by atoms with Gasteiger partial charge in [-0.05, 0) is 48.4 Å². The number of para-hydroxylation sites is 1. The Bertz CT molecular complexity index is 1120. The van der Waals surface area contributed by atoms with Crippen molar-refractivity contribution in [2.45, 2.75) is 6.92 Å². The van der Waals surface area contributed by atoms with Crippen LogP contribution in [-0.2, 0) is 4.79 Å². The predicted molar refractivity (Wildman–Crippen MR) is 108 cm³/mol. The van der Waals surface area contributed by atoms with Crippen molar-refractivity contribution in [2.24, 2.45) is 0 Å². The number of carbonyl (C=O) groups excluding carboxylic acids is 1. The molecule has 1 N–H and O–H groups in total. The number of aromatic nitrogens is 3. The van der Waals surface area contributed by atoms with E-state index >= 15 is 0 Å². The second-order valence-electron chi connectivity index (χ2n) is 6.21. The molecular formula is C22H18N4O. The molecule has 0 unspecified atom stereocenters. The van der Waals surface area contributed by atoms with Gasteiger partial charge in [-0.25, -0.2) is 0 Å². The van der Waals surface area contributed by atoms with E-state index in [9.17, 15) is 4.79 Å². The van der Waals surface area contributed by atoms with Gasteiger partial charge in [0, 0.05) is 11.8 Å². The molecular weight excluding hydrogens is 336 g/mol. The van der Waals surface area contributed by atoms with Crippen LogP contribution in [0.25, 0.3) is 22.8 Å². The van der Waals surface area contributed by atoms with E-state index in [2.05, 4.69) is 15.5 Å². The van der Waals surface area contributed by atoms with E-state index in [0.717, 1.165) is 33.5 Å². The number of nitrogens with zero attached hydrogens (tertiary/aromatic N) is 3. The lowest BCUT2D eigenvalue weighted by atomic mass is 10.1. The first-order chi connectivity index (χ1) is 13.2. The Morgan fingerprint density at radius 3 is 2.26 bits per heavy atom. The summed E-state index contributed by atoms with van der Waals surface area (Å²) in [5.41, 5.74) is 5.05. The lowest BCUT2D eigenvalue weighted by molar-refractivity contribution is -0.111. The summed E-state index contributed by atoms with van der Waals surface area (Å²) >= 11 is 0. The summed E-state index contributed by atoms with van der Waals surface area (Å²) < 4.78 is 0. The zero-order valence-electron chi connectivity index (χ0n) is 14.8. The molecule has 3 aromatic carbocycles. The summed E-state index contributed by atoms with van der Waals surface area (Å²) in [6.07, 6.45) is 3.31. The number of hydrogen-bond donors (Lipinski definition) is 1. The standard InChI is InChI=1S/C22H18N4O/c1-16-14-20-21(25-26(24-20)18-10-6-3-7-11-18)15-19(16)23-22(27)13-12-17-8-4-2-5-9-17/h2-15H,1H3,(H,23,27)/b13-12+. The van der Waals surface area contributed by atoms with Gasteiger partial charge >= 0.3 is 0 Å². The number of carbonyl (C=O) groups is 1. The molecule has 4 aromatic rings. The normalized spacial score (nSPS) is 11.1. The van der Waals surface area contributed by atoms with Crippen LogP contribution >= 0.6 is 0 Å². The minimum absolute atomic E-state index is 0.184. The van der Waals surface area contributed by atoms with Crippen LogP contribution in [0, 0.1) is 6.92 Å². The topological polar surface area (TPSA) is 59.8 Å². The molecule has 1 aromatic heterocycles. The molecule has 0 aliphatic heterocycles. The molecule has 132 valence electrons. The fraction of sp³-hybridized carbons (Fsp3) is 0.0455. The molecule has 5 nitrogen and oxygen atoms in total. The first kappa shape index (κ1) is 16.7. The predicted octanol–water partition coefficient (Wildman–Crippen LogP) is 4.38. The zero-order valence-corrected chi connectivity index (χ0v) is 14.8. The van der Waals surface area contributed by atoms with E-state index in [0.29, 0.717) is 0 Å². The first-order valence-corrected chi connectivity index (χ1v) is 8.66. The van der Waals surface area contributed by atoms with Gasteiger partial charge in [-0.1, -0.05) is 48.5 Å². The van der Waals surface area contributed by atoms with Crippen LogP contribution in [0.5, 0.6) is 0 Å². The van der Waals surface area contributed by atoms with Crippen LogP contribution in [0.15, 0.2) is 78.9 Å². The number of nitrogens with one attached hydrogen (secondary N) is 1. The van der Waals surface area contributed by atoms with Crippen molar-refractivity contribution in [3.05, 3.63) is 90.0 Å². The third kappa shape index (κ3) is 3.77. The number of aryl methyl sites for hydroxylation is 1. The van der Waals surface area contributed by atoms with Crippen molar-refractivity contribution in [3.8, 4) is 5.69 Å². The highest BCUT2D eigenvalue weighted by molar-refractivity contribution is 6.03. The maximum Gasteiger partial charge on any atom is 0.248 e. The summed E-state index contributed by atoms with van der Waals surface area (Å²) in [6, 6.07) is 23.2. The molecule has 0 radical (unpaired) electrons. The smallest absolute Gasteiger partial charge is 0.248 e. The summed E-state index contributed by atoms with van der Waals surface area (Å²) in [4.78, 5) is 13.9. The lowest BCUT2D eigenvalue weighted by Gasteiger charge is -2.05. The highest BCUT2D eigenvalue weighted by Gasteiger charge is 2.09. The fourth-order valence-corrected chi connectivity index (χ4v) is 2.79. The van der Waals surface area contributed by atoms with Gasteiger partial charge in [0.2, 0.25) is 5.91 Å². The van der Waals surface area contributed by atoms with Crippen LogP contribution in [-0.4, -0.2) is 20.9 Å². The molecule has 0 aliphatic rings. The second-order valence-corrected chi connectivity index (χ2v) is 6.21. The maximum atomic E-state index is 12.3. The number of amides is 1. The summed E-state index contributed by atoms with van der Waals surface area (Å²) in [7, 11) is 0. The Morgan fingerprint density at radius 2 is 1.56 bits per heavy atom. The summed E-state index contributed by atoms with van der Waals surface area (Å²) in [5.74, 6) is -0.184. The molecule has 0 spiro atoms. The molecule has 0 bridgehead atoms. The van der Waals surface area contributed by atoms with Crippen LogP contribution in [0.4, 0.5) is 5.69 Å². The molecule has 0 saturated heterocycles. The van der Waals surface area contributed by atoms with Gasteiger partial charge in [0.15, 0.2) is 0 Å². The van der Waals surface area contributed by atoms with Crippen molar-refractivity contribution in [2.75, 3.05) is 5.32 Å². The Hall–Kier alpha value is -3.73. The number of anilines is 1. The van der Waals surface area contributed by atoms with E-state index in [1.807, 2.05) is 79.7 Å². The summed E-state index contributed by atoms with van der Waals surface area (Å²) in [5, 5.41) is 12.0. The van der Waals surface area contributed by atoms with Gasteiger partial charge in [-0.2, -0.15) is 4.80 Å². The van der Waals surface area contributed by atoms with Gasteiger partial charge in [0.05, 0.1) is 5.69 Å². The van der Waals surface area contributed by atoms with E-state index < -0.39 is 0 Å². The van der Waals surface area contributed by atoms with Crippen molar-refractivity contribution in [3.63, 3.8) is 0 Å². The number of benzene rings is 3. The monoisotopic (exact) mass is 354 g/mol. The lowest BCUT2D eigenvalue weighted by Crippen LogP contribution is -2.08. The van der Waals surface area contributed by atoms with Gasteiger partial charge in [0.25, 0.3) is 0 Å².